The van der Waals surface area contributed by atoms with Crippen LogP contribution in [0.1, 0.15) is 18.1 Å². The Morgan fingerprint density at radius 3 is 2.40 bits per heavy atom. The van der Waals surface area contributed by atoms with Crippen molar-refractivity contribution in [2.45, 2.75) is 44.1 Å². The Kier molecular flexibility index (Phi) is 5.31. The molecule has 30 heavy (non-hydrogen) atoms. The average Bonchev–Trinajstić information content (AvgIpc) is 3.08. The maximum absolute atomic E-state index is 12.2. The number of carboxylic acid groups (broad SMARTS) is 1. The van der Waals surface area contributed by atoms with E-state index >= 15 is 0 Å². The Hall–Kier alpha value is -2.82. The number of aliphatic hydroxyl groups excluding tert-OH is 3. The molecule has 1 fully saturated rings. The molecule has 4 rings (SSSR count). The largest absolute Gasteiger partial charge is 0.479 e. The number of carbonyl (C=O) groups is 2. The molecule has 9 heteroatoms. The molecule has 158 valence electrons. The molecule has 5 atom stereocenters. The maximum atomic E-state index is 12.2. The molecule has 2 aliphatic rings. The van der Waals surface area contributed by atoms with Crippen LogP contribution in [-0.4, -0.2) is 63.0 Å². The van der Waals surface area contributed by atoms with Crippen molar-refractivity contribution in [1.82, 2.24) is 0 Å². The highest BCUT2D eigenvalue weighted by atomic mass is 16.8. The fourth-order valence-corrected chi connectivity index (χ4v) is 3.82. The van der Waals surface area contributed by atoms with E-state index in [-0.39, 0.29) is 0 Å². The first-order valence-electron chi connectivity index (χ1n) is 9.39. The van der Waals surface area contributed by atoms with Crippen LogP contribution in [0.4, 0.5) is 5.69 Å². The van der Waals surface area contributed by atoms with E-state index in [0.717, 1.165) is 27.3 Å². The zero-order chi connectivity index (χ0) is 21.6. The summed E-state index contributed by atoms with van der Waals surface area (Å²) in [6.07, 6.45) is -8.26. The van der Waals surface area contributed by atoms with E-state index in [1.165, 1.54) is 6.92 Å². The van der Waals surface area contributed by atoms with Crippen molar-refractivity contribution >= 4 is 17.6 Å². The van der Waals surface area contributed by atoms with Crippen LogP contribution >= 0.6 is 0 Å². The standard InChI is InChI=1S/C21H21NO8/c1-10(23)22(30-21-18(26)16(24)17(25)19(29-21)20(27)28)13-6-7-15-12(9-13)8-11-4-2-3-5-14(11)15/h2-7,9,16-19,21,24-26H,8H2,1H3,(H,27,28). The lowest BCUT2D eigenvalue weighted by atomic mass is 9.99. The zero-order valence-corrected chi connectivity index (χ0v) is 16.0. The molecule has 0 aromatic heterocycles. The summed E-state index contributed by atoms with van der Waals surface area (Å²) in [5.41, 5.74) is 4.65. The van der Waals surface area contributed by atoms with Gasteiger partial charge >= 0.3 is 5.97 Å². The van der Waals surface area contributed by atoms with Crippen molar-refractivity contribution in [3.8, 4) is 11.1 Å². The van der Waals surface area contributed by atoms with Crippen molar-refractivity contribution in [2.75, 3.05) is 5.06 Å². The predicted octanol–water partition coefficient (Wildman–Crippen LogP) is 0.435. The molecule has 2 aromatic carbocycles. The number of hydrogen-bond donors (Lipinski definition) is 4. The van der Waals surface area contributed by atoms with Crippen molar-refractivity contribution in [3.05, 3.63) is 53.6 Å². The molecule has 1 saturated heterocycles. The van der Waals surface area contributed by atoms with Crippen molar-refractivity contribution in [1.29, 1.82) is 0 Å². The SMILES string of the molecule is CC(=O)N(OC1OC(C(=O)O)C(O)C(O)C1O)c1ccc2c(c1)Cc1ccccc1-2. The van der Waals surface area contributed by atoms with Gasteiger partial charge in [0.2, 0.25) is 12.2 Å². The van der Waals surface area contributed by atoms with Crippen LogP contribution in [0.15, 0.2) is 42.5 Å². The number of ether oxygens (including phenoxy) is 1. The Bertz CT molecular complexity index is 993. The summed E-state index contributed by atoms with van der Waals surface area (Å²) < 4.78 is 5.11. The fraction of sp³-hybridized carbons (Fsp3) is 0.333. The first kappa shape index (κ1) is 20.5. The number of aliphatic carboxylic acids is 1. The fourth-order valence-electron chi connectivity index (χ4n) is 3.82. The first-order chi connectivity index (χ1) is 14.3. The van der Waals surface area contributed by atoms with Crippen LogP contribution in [0.2, 0.25) is 0 Å². The highest BCUT2D eigenvalue weighted by Gasteiger charge is 2.48. The number of nitrogens with zero attached hydrogens (tertiary/aromatic N) is 1. The molecule has 5 unspecified atom stereocenters. The Balaban J connectivity index is 1.60. The zero-order valence-electron chi connectivity index (χ0n) is 16.0. The van der Waals surface area contributed by atoms with E-state index in [4.69, 9.17) is 14.7 Å². The second kappa shape index (κ2) is 7.78. The molecule has 1 heterocycles. The highest BCUT2D eigenvalue weighted by molar-refractivity contribution is 5.90. The Morgan fingerprint density at radius 1 is 1.00 bits per heavy atom. The summed E-state index contributed by atoms with van der Waals surface area (Å²) in [4.78, 5) is 29.0. The minimum absolute atomic E-state index is 0.359. The molecular weight excluding hydrogens is 394 g/mol. The molecule has 0 radical (unpaired) electrons. The van der Waals surface area contributed by atoms with Gasteiger partial charge < -0.3 is 25.2 Å². The van der Waals surface area contributed by atoms with E-state index in [1.807, 2.05) is 30.3 Å². The minimum Gasteiger partial charge on any atom is -0.479 e. The number of hydroxylamine groups is 1. The third-order valence-corrected chi connectivity index (χ3v) is 5.32. The summed E-state index contributed by atoms with van der Waals surface area (Å²) in [6.45, 7) is 1.23. The van der Waals surface area contributed by atoms with Gasteiger partial charge in [0.05, 0.1) is 5.69 Å². The van der Waals surface area contributed by atoms with Gasteiger partial charge in [0, 0.05) is 6.92 Å². The summed E-state index contributed by atoms with van der Waals surface area (Å²) in [6, 6.07) is 13.2. The third kappa shape index (κ3) is 3.47. The van der Waals surface area contributed by atoms with E-state index in [2.05, 4.69) is 0 Å². The monoisotopic (exact) mass is 415 g/mol. The van der Waals surface area contributed by atoms with Gasteiger partial charge in [-0.1, -0.05) is 30.3 Å². The maximum Gasteiger partial charge on any atom is 0.335 e. The van der Waals surface area contributed by atoms with Gasteiger partial charge in [0.25, 0.3) is 0 Å². The lowest BCUT2D eigenvalue weighted by molar-refractivity contribution is -0.295. The molecule has 1 aliphatic carbocycles. The van der Waals surface area contributed by atoms with Crippen molar-refractivity contribution in [3.63, 3.8) is 0 Å². The van der Waals surface area contributed by atoms with E-state index in [1.54, 1.807) is 12.1 Å². The van der Waals surface area contributed by atoms with E-state index in [0.29, 0.717) is 12.1 Å². The van der Waals surface area contributed by atoms with Crippen LogP contribution in [0.5, 0.6) is 0 Å². The summed E-state index contributed by atoms with van der Waals surface area (Å²) in [7, 11) is 0. The second-order valence-corrected chi connectivity index (χ2v) is 7.33. The molecule has 1 amide bonds. The minimum atomic E-state index is -1.85. The van der Waals surface area contributed by atoms with Crippen molar-refractivity contribution in [2.24, 2.45) is 0 Å². The summed E-state index contributed by atoms with van der Waals surface area (Å²) in [5.74, 6) is -2.08. The summed E-state index contributed by atoms with van der Waals surface area (Å²) in [5, 5.41) is 40.0. The van der Waals surface area contributed by atoms with Gasteiger partial charge in [-0.05, 0) is 40.8 Å². The van der Waals surface area contributed by atoms with Gasteiger partial charge in [0.15, 0.2) is 6.10 Å². The number of anilines is 1. The molecule has 0 spiro atoms. The number of hydrogen-bond acceptors (Lipinski definition) is 7. The number of amides is 1. The number of rotatable bonds is 4. The topological polar surface area (TPSA) is 137 Å². The smallest absolute Gasteiger partial charge is 0.335 e. The number of carbonyl (C=O) groups excluding carboxylic acids is 1. The van der Waals surface area contributed by atoms with Gasteiger partial charge in [0.1, 0.15) is 18.3 Å². The van der Waals surface area contributed by atoms with Crippen LogP contribution in [0.3, 0.4) is 0 Å². The van der Waals surface area contributed by atoms with Crippen molar-refractivity contribution < 1.29 is 39.6 Å². The van der Waals surface area contributed by atoms with E-state index in [9.17, 15) is 24.9 Å². The molecule has 0 saturated carbocycles. The molecule has 1 aliphatic heterocycles. The lowest BCUT2D eigenvalue weighted by Crippen LogP contribution is -2.61. The first-order valence-corrected chi connectivity index (χ1v) is 9.39. The van der Waals surface area contributed by atoms with Crippen LogP contribution in [0, 0.1) is 0 Å². The second-order valence-electron chi connectivity index (χ2n) is 7.33. The Labute approximate surface area is 171 Å². The third-order valence-electron chi connectivity index (χ3n) is 5.32. The quantitative estimate of drug-likeness (QED) is 0.451. The molecule has 9 nitrogen and oxygen atoms in total. The van der Waals surface area contributed by atoms with Gasteiger partial charge in [-0.2, -0.15) is 5.06 Å². The van der Waals surface area contributed by atoms with Gasteiger partial charge in [-0.15, -0.1) is 0 Å². The average molecular weight is 415 g/mol. The normalized spacial score (nSPS) is 27.3. The lowest BCUT2D eigenvalue weighted by Gasteiger charge is -2.39. The predicted molar refractivity (Wildman–Crippen MR) is 103 cm³/mol. The van der Waals surface area contributed by atoms with Crippen LogP contribution in [0.25, 0.3) is 11.1 Å². The molecule has 2 aromatic rings. The van der Waals surface area contributed by atoms with Gasteiger partial charge in [-0.25, -0.2) is 9.63 Å². The molecular formula is C21H21NO8. The number of aliphatic hydroxyl groups is 3. The number of carboxylic acids is 1. The van der Waals surface area contributed by atoms with E-state index < -0.39 is 42.6 Å². The van der Waals surface area contributed by atoms with Gasteiger partial charge in [-0.3, -0.25) is 4.79 Å². The number of benzene rings is 2. The summed E-state index contributed by atoms with van der Waals surface area (Å²) >= 11 is 0. The van der Waals surface area contributed by atoms with Crippen LogP contribution in [-0.2, 0) is 25.6 Å². The molecule has 4 N–H and O–H groups in total. The highest BCUT2D eigenvalue weighted by Crippen LogP contribution is 2.38. The van der Waals surface area contributed by atoms with Crippen LogP contribution < -0.4 is 5.06 Å². The number of fused-ring (bicyclic) bond motifs is 3. The Morgan fingerprint density at radius 2 is 1.70 bits per heavy atom. The molecule has 0 bridgehead atoms.